The zero-order valence-corrected chi connectivity index (χ0v) is 13.9. The molecule has 0 radical (unpaired) electrons. The highest BCUT2D eigenvalue weighted by Crippen LogP contribution is 2.40. The molecule has 6 nitrogen and oxygen atoms in total. The second-order valence-electron chi connectivity index (χ2n) is 7.00. The molecule has 2 aromatic heterocycles. The van der Waals surface area contributed by atoms with Crippen LogP contribution in [0.3, 0.4) is 0 Å². The molecule has 0 aromatic carbocycles. The SMILES string of the molecule is Cc1cc(NC2CCOC3(CCCC3)C2)n2nc(C(F)(F)F)nc2n1. The molecule has 1 spiro atoms. The molecular weight excluding hydrogens is 335 g/mol. The number of nitrogens with zero attached hydrogens (tertiary/aromatic N) is 4. The highest BCUT2D eigenvalue weighted by Gasteiger charge is 2.40. The minimum atomic E-state index is -4.59. The average Bonchev–Trinajstić information content (AvgIpc) is 3.14. The van der Waals surface area contributed by atoms with E-state index in [9.17, 15) is 13.2 Å². The van der Waals surface area contributed by atoms with Crippen molar-refractivity contribution in [1.29, 1.82) is 0 Å². The molecular formula is C16H20F3N5O. The van der Waals surface area contributed by atoms with Crippen LogP contribution >= 0.6 is 0 Å². The first-order chi connectivity index (χ1) is 11.8. The van der Waals surface area contributed by atoms with Crippen molar-refractivity contribution in [1.82, 2.24) is 19.6 Å². The molecule has 1 saturated heterocycles. The quantitative estimate of drug-likeness (QED) is 0.895. The van der Waals surface area contributed by atoms with Gasteiger partial charge in [-0.1, -0.05) is 12.8 Å². The Morgan fingerprint density at radius 1 is 1.28 bits per heavy atom. The summed E-state index contributed by atoms with van der Waals surface area (Å²) in [7, 11) is 0. The Hall–Kier alpha value is -1.90. The van der Waals surface area contributed by atoms with Gasteiger partial charge in [0.1, 0.15) is 5.82 Å². The van der Waals surface area contributed by atoms with Gasteiger partial charge in [0.05, 0.1) is 5.60 Å². The molecule has 2 aliphatic rings. The molecule has 1 saturated carbocycles. The number of aryl methyl sites for hydroxylation is 1. The molecule has 1 unspecified atom stereocenters. The van der Waals surface area contributed by atoms with Crippen molar-refractivity contribution < 1.29 is 17.9 Å². The molecule has 0 amide bonds. The number of aromatic nitrogens is 4. The molecule has 0 bridgehead atoms. The number of halogens is 3. The molecule has 25 heavy (non-hydrogen) atoms. The third kappa shape index (κ3) is 3.17. The summed E-state index contributed by atoms with van der Waals surface area (Å²) < 4.78 is 45.9. The van der Waals surface area contributed by atoms with Crippen molar-refractivity contribution in [2.75, 3.05) is 11.9 Å². The Morgan fingerprint density at radius 2 is 2.04 bits per heavy atom. The number of hydrogen-bond donors (Lipinski definition) is 1. The zero-order chi connectivity index (χ0) is 17.7. The molecule has 1 aliphatic carbocycles. The summed E-state index contributed by atoms with van der Waals surface area (Å²) in [5.74, 6) is -0.726. The highest BCUT2D eigenvalue weighted by atomic mass is 19.4. The average molecular weight is 355 g/mol. The van der Waals surface area contributed by atoms with E-state index in [1.165, 1.54) is 12.8 Å². The normalized spacial score (nSPS) is 23.4. The number of rotatable bonds is 2. The first kappa shape index (κ1) is 16.6. The molecule has 1 N–H and O–H groups in total. The monoisotopic (exact) mass is 355 g/mol. The molecule has 2 aromatic rings. The molecule has 136 valence electrons. The van der Waals surface area contributed by atoms with E-state index in [0.29, 0.717) is 18.1 Å². The number of ether oxygens (including phenoxy) is 1. The molecule has 4 rings (SSSR count). The molecule has 9 heteroatoms. The van der Waals surface area contributed by atoms with Crippen LogP contribution < -0.4 is 5.32 Å². The van der Waals surface area contributed by atoms with Gasteiger partial charge >= 0.3 is 6.18 Å². The van der Waals surface area contributed by atoms with Gasteiger partial charge in [-0.2, -0.15) is 22.7 Å². The number of anilines is 1. The van der Waals surface area contributed by atoms with Gasteiger partial charge in [0, 0.05) is 24.4 Å². The third-order valence-electron chi connectivity index (χ3n) is 5.05. The van der Waals surface area contributed by atoms with Crippen LogP contribution in [0.25, 0.3) is 5.78 Å². The second kappa shape index (κ2) is 5.82. The fourth-order valence-electron chi connectivity index (χ4n) is 3.94. The smallest absolute Gasteiger partial charge is 0.375 e. The van der Waals surface area contributed by atoms with Gasteiger partial charge in [-0.15, -0.1) is 5.10 Å². The summed E-state index contributed by atoms with van der Waals surface area (Å²) in [6.07, 6.45) is 1.52. The van der Waals surface area contributed by atoms with Crippen molar-refractivity contribution in [3.8, 4) is 0 Å². The summed E-state index contributed by atoms with van der Waals surface area (Å²) in [6.45, 7) is 2.39. The number of alkyl halides is 3. The lowest BCUT2D eigenvalue weighted by molar-refractivity contribution is -0.144. The zero-order valence-electron chi connectivity index (χ0n) is 13.9. The van der Waals surface area contributed by atoms with E-state index in [4.69, 9.17) is 4.74 Å². The van der Waals surface area contributed by atoms with E-state index in [2.05, 4.69) is 20.4 Å². The Labute approximate surface area is 142 Å². The van der Waals surface area contributed by atoms with Crippen LogP contribution in [0, 0.1) is 6.92 Å². The van der Waals surface area contributed by atoms with E-state index >= 15 is 0 Å². The van der Waals surface area contributed by atoms with Crippen LogP contribution in [-0.2, 0) is 10.9 Å². The van der Waals surface area contributed by atoms with E-state index in [-0.39, 0.29) is 17.4 Å². The summed E-state index contributed by atoms with van der Waals surface area (Å²) in [6, 6.07) is 1.84. The Morgan fingerprint density at radius 3 is 2.76 bits per heavy atom. The van der Waals surface area contributed by atoms with E-state index in [1.807, 2.05) is 0 Å². The number of fused-ring (bicyclic) bond motifs is 1. The van der Waals surface area contributed by atoms with Crippen molar-refractivity contribution in [2.24, 2.45) is 0 Å². The maximum Gasteiger partial charge on any atom is 0.453 e. The Kier molecular flexibility index (Phi) is 3.86. The van der Waals surface area contributed by atoms with Crippen LogP contribution in [0.15, 0.2) is 6.07 Å². The van der Waals surface area contributed by atoms with Gasteiger partial charge in [0.15, 0.2) is 0 Å². The third-order valence-corrected chi connectivity index (χ3v) is 5.05. The Bertz CT molecular complexity index is 782. The van der Waals surface area contributed by atoms with E-state index in [0.717, 1.165) is 30.2 Å². The highest BCUT2D eigenvalue weighted by molar-refractivity contribution is 5.46. The van der Waals surface area contributed by atoms with Gasteiger partial charge in [0.25, 0.3) is 11.6 Å². The first-order valence-electron chi connectivity index (χ1n) is 8.57. The fourth-order valence-corrected chi connectivity index (χ4v) is 3.94. The largest absolute Gasteiger partial charge is 0.453 e. The van der Waals surface area contributed by atoms with Crippen molar-refractivity contribution in [3.05, 3.63) is 17.6 Å². The van der Waals surface area contributed by atoms with Crippen molar-refractivity contribution >= 4 is 11.6 Å². The summed E-state index contributed by atoms with van der Waals surface area (Å²) in [4.78, 5) is 7.58. The lowest BCUT2D eigenvalue weighted by Crippen LogP contribution is -2.42. The first-order valence-corrected chi connectivity index (χ1v) is 8.57. The van der Waals surface area contributed by atoms with Crippen molar-refractivity contribution in [3.63, 3.8) is 0 Å². The van der Waals surface area contributed by atoms with Gasteiger partial charge in [-0.05, 0) is 32.6 Å². The lowest BCUT2D eigenvalue weighted by atomic mass is 9.89. The van der Waals surface area contributed by atoms with Crippen LogP contribution in [-0.4, -0.2) is 37.8 Å². The molecule has 1 aliphatic heterocycles. The second-order valence-corrected chi connectivity index (χ2v) is 7.00. The molecule has 2 fully saturated rings. The van der Waals surface area contributed by atoms with Crippen LogP contribution in [0.5, 0.6) is 0 Å². The van der Waals surface area contributed by atoms with E-state index < -0.39 is 12.0 Å². The maximum absolute atomic E-state index is 12.9. The Balaban J connectivity index is 1.63. The number of hydrogen-bond acceptors (Lipinski definition) is 5. The lowest BCUT2D eigenvalue weighted by Gasteiger charge is -2.38. The van der Waals surface area contributed by atoms with Crippen LogP contribution in [0.1, 0.15) is 50.0 Å². The molecule has 1 atom stereocenters. The summed E-state index contributed by atoms with van der Waals surface area (Å²) >= 11 is 0. The van der Waals surface area contributed by atoms with E-state index in [1.54, 1.807) is 13.0 Å². The van der Waals surface area contributed by atoms with Gasteiger partial charge < -0.3 is 10.1 Å². The van der Waals surface area contributed by atoms with Crippen molar-refractivity contribution in [2.45, 2.75) is 63.3 Å². The number of nitrogens with one attached hydrogen (secondary N) is 1. The molecule has 3 heterocycles. The topological polar surface area (TPSA) is 64.3 Å². The van der Waals surface area contributed by atoms with Crippen LogP contribution in [0.4, 0.5) is 19.0 Å². The predicted octanol–water partition coefficient (Wildman–Crippen LogP) is 3.36. The fraction of sp³-hybridized carbons (Fsp3) is 0.688. The van der Waals surface area contributed by atoms with Gasteiger partial charge in [-0.3, -0.25) is 0 Å². The minimum Gasteiger partial charge on any atom is -0.375 e. The summed E-state index contributed by atoms with van der Waals surface area (Å²) in [5.41, 5.74) is 0.523. The minimum absolute atomic E-state index is 0.0440. The van der Waals surface area contributed by atoms with Gasteiger partial charge in [0.2, 0.25) is 0 Å². The maximum atomic E-state index is 12.9. The van der Waals surface area contributed by atoms with Crippen LogP contribution in [0.2, 0.25) is 0 Å². The standard InChI is InChI=1S/C16H20F3N5O/c1-10-8-12(24-14(20-10)22-13(23-24)16(17,18)19)21-11-4-7-25-15(9-11)5-2-3-6-15/h8,11,21H,2-7,9H2,1H3. The van der Waals surface area contributed by atoms with Gasteiger partial charge in [-0.25, -0.2) is 4.98 Å². The predicted molar refractivity (Wildman–Crippen MR) is 84.3 cm³/mol. The summed E-state index contributed by atoms with van der Waals surface area (Å²) in [5, 5.41) is 6.96.